The number of nitrogens with zero attached hydrogens (tertiary/aromatic N) is 1. The van der Waals surface area contributed by atoms with Crippen LogP contribution < -0.4 is 0 Å². The summed E-state index contributed by atoms with van der Waals surface area (Å²) in [5.74, 6) is 0.571. The minimum atomic E-state index is -0.403. The maximum atomic E-state index is 10.4. The van der Waals surface area contributed by atoms with Gasteiger partial charge in [0.05, 0.1) is 4.92 Å². The monoisotopic (exact) mass is 231 g/mol. The van der Waals surface area contributed by atoms with E-state index in [0.717, 1.165) is 4.90 Å². The molecule has 0 saturated carbocycles. The summed E-state index contributed by atoms with van der Waals surface area (Å²) in [6.45, 7) is 2.01. The number of thioether (sulfide) groups is 1. The summed E-state index contributed by atoms with van der Waals surface area (Å²) in [6, 6.07) is 6.49. The number of nitro groups is 1. The molecule has 0 fully saturated rings. The molecule has 1 aromatic rings. The maximum absolute atomic E-state index is 10.4. The lowest BCUT2D eigenvalue weighted by Gasteiger charge is -2.05. The molecule has 0 heterocycles. The largest absolute Gasteiger partial charge is 0.269 e. The smallest absolute Gasteiger partial charge is 0.258 e. The lowest BCUT2D eigenvalue weighted by atomic mass is 10.3. The number of nitro benzene ring substituents is 1. The van der Waals surface area contributed by atoms with Gasteiger partial charge >= 0.3 is 0 Å². The molecule has 1 rings (SSSR count). The Kier molecular flexibility index (Phi) is 4.22. The van der Waals surface area contributed by atoms with Crippen molar-refractivity contribution in [3.05, 3.63) is 34.4 Å². The van der Waals surface area contributed by atoms with Crippen LogP contribution in [0.3, 0.4) is 0 Å². The van der Waals surface area contributed by atoms with Crippen molar-refractivity contribution in [2.45, 2.75) is 17.1 Å². The molecule has 0 radical (unpaired) electrons. The molecule has 14 heavy (non-hydrogen) atoms. The van der Waals surface area contributed by atoms with Crippen LogP contribution in [0.15, 0.2) is 29.2 Å². The second-order valence-electron chi connectivity index (χ2n) is 2.83. The van der Waals surface area contributed by atoms with Crippen molar-refractivity contribution >= 4 is 29.1 Å². The van der Waals surface area contributed by atoms with Gasteiger partial charge < -0.3 is 0 Å². The van der Waals surface area contributed by atoms with Crippen LogP contribution in [-0.4, -0.2) is 16.1 Å². The number of rotatable bonds is 4. The zero-order valence-electron chi connectivity index (χ0n) is 7.64. The van der Waals surface area contributed by atoms with Crippen molar-refractivity contribution in [3.63, 3.8) is 0 Å². The van der Waals surface area contributed by atoms with E-state index in [0.29, 0.717) is 11.1 Å². The Bertz CT molecular complexity index is 315. The van der Waals surface area contributed by atoms with Gasteiger partial charge in [0.15, 0.2) is 0 Å². The van der Waals surface area contributed by atoms with Gasteiger partial charge in [-0.15, -0.1) is 23.4 Å². The van der Waals surface area contributed by atoms with Crippen LogP contribution in [0.5, 0.6) is 0 Å². The summed E-state index contributed by atoms with van der Waals surface area (Å²) in [6.07, 6.45) is 0. The van der Waals surface area contributed by atoms with Gasteiger partial charge in [0.2, 0.25) is 0 Å². The third kappa shape index (κ3) is 3.20. The van der Waals surface area contributed by atoms with E-state index in [1.165, 1.54) is 12.1 Å². The van der Waals surface area contributed by atoms with E-state index < -0.39 is 4.92 Å². The van der Waals surface area contributed by atoms with Gasteiger partial charge in [-0.25, -0.2) is 0 Å². The Morgan fingerprint density at radius 3 is 2.50 bits per heavy atom. The van der Waals surface area contributed by atoms with Crippen molar-refractivity contribution in [1.82, 2.24) is 0 Å². The Hall–Kier alpha value is -0.740. The first-order valence-electron chi connectivity index (χ1n) is 4.10. The fraction of sp³-hybridized carbons (Fsp3) is 0.333. The van der Waals surface area contributed by atoms with Crippen molar-refractivity contribution in [3.8, 4) is 0 Å². The van der Waals surface area contributed by atoms with Gasteiger partial charge in [0, 0.05) is 28.2 Å². The Balaban J connectivity index is 2.68. The number of hydrogen-bond acceptors (Lipinski definition) is 3. The minimum absolute atomic E-state index is 0.118. The van der Waals surface area contributed by atoms with Gasteiger partial charge in [-0.3, -0.25) is 10.1 Å². The molecule has 0 aliphatic heterocycles. The summed E-state index contributed by atoms with van der Waals surface area (Å²) >= 11 is 7.26. The van der Waals surface area contributed by atoms with Gasteiger partial charge in [-0.1, -0.05) is 6.92 Å². The first-order valence-corrected chi connectivity index (χ1v) is 5.52. The minimum Gasteiger partial charge on any atom is -0.258 e. The zero-order valence-corrected chi connectivity index (χ0v) is 9.22. The van der Waals surface area contributed by atoms with E-state index in [1.807, 2.05) is 6.92 Å². The molecule has 0 aromatic heterocycles. The van der Waals surface area contributed by atoms with Gasteiger partial charge in [0.1, 0.15) is 0 Å². The molecule has 0 aliphatic rings. The van der Waals surface area contributed by atoms with E-state index >= 15 is 0 Å². The highest BCUT2D eigenvalue weighted by Crippen LogP contribution is 2.25. The van der Waals surface area contributed by atoms with Crippen molar-refractivity contribution in [1.29, 1.82) is 0 Å². The van der Waals surface area contributed by atoms with Crippen LogP contribution in [0.4, 0.5) is 5.69 Å². The van der Waals surface area contributed by atoms with Gasteiger partial charge in [-0.2, -0.15) is 0 Å². The zero-order chi connectivity index (χ0) is 10.6. The Morgan fingerprint density at radius 1 is 1.50 bits per heavy atom. The lowest BCUT2D eigenvalue weighted by molar-refractivity contribution is -0.384. The molecule has 0 spiro atoms. The molecule has 5 heteroatoms. The quantitative estimate of drug-likeness (QED) is 0.346. The normalized spacial score (nSPS) is 12.4. The van der Waals surface area contributed by atoms with E-state index in [-0.39, 0.29) is 5.69 Å². The first-order chi connectivity index (χ1) is 6.63. The number of benzene rings is 1. The average Bonchev–Trinajstić information content (AvgIpc) is 2.18. The molecule has 1 atom stereocenters. The molecule has 0 N–H and O–H groups in total. The third-order valence-electron chi connectivity index (χ3n) is 1.60. The second kappa shape index (κ2) is 5.22. The summed E-state index contributed by atoms with van der Waals surface area (Å²) in [5.41, 5.74) is 0.118. The van der Waals surface area contributed by atoms with E-state index in [9.17, 15) is 10.1 Å². The van der Waals surface area contributed by atoms with E-state index in [2.05, 4.69) is 0 Å². The fourth-order valence-electron chi connectivity index (χ4n) is 0.910. The van der Waals surface area contributed by atoms with Gasteiger partial charge in [-0.05, 0) is 12.1 Å². The first kappa shape index (κ1) is 11.3. The fourth-order valence-corrected chi connectivity index (χ4v) is 1.92. The summed E-state index contributed by atoms with van der Waals surface area (Å²) in [7, 11) is 0. The molecule has 1 unspecified atom stereocenters. The van der Waals surface area contributed by atoms with Crippen LogP contribution in [0.25, 0.3) is 0 Å². The molecule has 0 amide bonds. The van der Waals surface area contributed by atoms with Crippen LogP contribution >= 0.6 is 23.4 Å². The molecular weight excluding hydrogens is 222 g/mol. The van der Waals surface area contributed by atoms with Crippen molar-refractivity contribution in [2.24, 2.45) is 0 Å². The molecule has 76 valence electrons. The molecule has 0 bridgehead atoms. The highest BCUT2D eigenvalue weighted by molar-refractivity contribution is 8.00. The Morgan fingerprint density at radius 2 is 2.07 bits per heavy atom. The van der Waals surface area contributed by atoms with Crippen LogP contribution in [-0.2, 0) is 0 Å². The SMILES string of the molecule is CC(CCl)Sc1ccc([N+](=O)[O-])cc1. The number of non-ortho nitro benzene ring substituents is 1. The summed E-state index contributed by atoms with van der Waals surface area (Å²) in [4.78, 5) is 11.0. The second-order valence-corrected chi connectivity index (χ2v) is 4.65. The Labute approximate surface area is 91.6 Å². The number of halogens is 1. The van der Waals surface area contributed by atoms with E-state index in [1.54, 1.807) is 23.9 Å². The molecule has 3 nitrogen and oxygen atoms in total. The molecule has 0 aliphatic carbocycles. The highest BCUT2D eigenvalue weighted by Gasteiger charge is 2.06. The third-order valence-corrected chi connectivity index (χ3v) is 3.36. The standard InChI is InChI=1S/C9H10ClNO2S/c1-7(6-10)14-9-4-2-8(3-5-9)11(12)13/h2-5,7H,6H2,1H3. The van der Waals surface area contributed by atoms with Crippen LogP contribution in [0, 0.1) is 10.1 Å². The van der Waals surface area contributed by atoms with Gasteiger partial charge in [0.25, 0.3) is 5.69 Å². The molecular formula is C9H10ClNO2S. The van der Waals surface area contributed by atoms with Crippen molar-refractivity contribution in [2.75, 3.05) is 5.88 Å². The van der Waals surface area contributed by atoms with Crippen LogP contribution in [0.2, 0.25) is 0 Å². The molecule has 0 saturated heterocycles. The number of hydrogen-bond donors (Lipinski definition) is 0. The topological polar surface area (TPSA) is 43.1 Å². The highest BCUT2D eigenvalue weighted by atomic mass is 35.5. The summed E-state index contributed by atoms with van der Waals surface area (Å²) < 4.78 is 0. The van der Waals surface area contributed by atoms with Crippen LogP contribution in [0.1, 0.15) is 6.92 Å². The average molecular weight is 232 g/mol. The lowest BCUT2D eigenvalue weighted by Crippen LogP contribution is -1.96. The number of alkyl halides is 1. The predicted octanol–water partition coefficient (Wildman–Crippen LogP) is 3.31. The maximum Gasteiger partial charge on any atom is 0.269 e. The summed E-state index contributed by atoms with van der Waals surface area (Å²) in [5, 5.41) is 10.7. The predicted molar refractivity (Wildman–Crippen MR) is 59.1 cm³/mol. The molecule has 1 aromatic carbocycles. The van der Waals surface area contributed by atoms with Crippen molar-refractivity contribution < 1.29 is 4.92 Å². The van der Waals surface area contributed by atoms with E-state index in [4.69, 9.17) is 11.6 Å².